The molecule has 0 saturated heterocycles. The molecule has 0 radical (unpaired) electrons. The molecular weight excluding hydrogens is 434 g/mol. The molecular formula is C26H27N3O3S. The molecule has 0 atom stereocenters. The molecule has 1 N–H and O–H groups in total. The van der Waals surface area contributed by atoms with Crippen molar-refractivity contribution in [2.45, 2.75) is 62.7 Å². The highest BCUT2D eigenvalue weighted by Gasteiger charge is 2.37. The zero-order valence-corrected chi connectivity index (χ0v) is 19.3. The highest BCUT2D eigenvalue weighted by molar-refractivity contribution is 7.91. The number of hydrogen-bond donors (Lipinski definition) is 1. The van der Waals surface area contributed by atoms with Crippen molar-refractivity contribution in [2.75, 3.05) is 0 Å². The predicted octanol–water partition coefficient (Wildman–Crippen LogP) is 5.00. The van der Waals surface area contributed by atoms with E-state index < -0.39 is 21.2 Å². The number of nitrogens with zero attached hydrogens (tertiary/aromatic N) is 2. The summed E-state index contributed by atoms with van der Waals surface area (Å²) >= 11 is 0. The number of fused-ring (bicyclic) bond motifs is 5. The van der Waals surface area contributed by atoms with Gasteiger partial charge in [0.2, 0.25) is 10.0 Å². The fourth-order valence-corrected chi connectivity index (χ4v) is 6.77. The standard InChI is InChI=1S/C26H27N3O3S/c30-26(28-33(31,32)19-11-12-19)18-10-13-21-23(16-18)29-15-5-9-22-20(8-4-14-27-22)25(29)24(21)17-6-2-1-3-7-17/h4-5,8-10,13-14,16-17,19H,1-3,6-7,11-12,15H2,(H,28,30). The molecule has 7 heteroatoms. The van der Waals surface area contributed by atoms with Gasteiger partial charge in [-0.1, -0.05) is 31.4 Å². The molecule has 2 aromatic heterocycles. The first-order valence-corrected chi connectivity index (χ1v) is 13.4. The Morgan fingerprint density at radius 3 is 2.67 bits per heavy atom. The van der Waals surface area contributed by atoms with Crippen molar-refractivity contribution in [3.8, 4) is 11.3 Å². The first kappa shape index (κ1) is 20.7. The zero-order valence-electron chi connectivity index (χ0n) is 18.5. The van der Waals surface area contributed by atoms with E-state index in [1.165, 1.54) is 30.5 Å². The van der Waals surface area contributed by atoms with Gasteiger partial charge in [-0.3, -0.25) is 9.78 Å². The van der Waals surface area contributed by atoms with Gasteiger partial charge in [0.25, 0.3) is 5.91 Å². The number of rotatable bonds is 4. The number of allylic oxidation sites excluding steroid dienone is 1. The maximum atomic E-state index is 12.9. The van der Waals surface area contributed by atoms with Crippen molar-refractivity contribution >= 4 is 32.9 Å². The average molecular weight is 462 g/mol. The van der Waals surface area contributed by atoms with Crippen molar-refractivity contribution in [3.05, 3.63) is 59.4 Å². The van der Waals surface area contributed by atoms with Gasteiger partial charge < -0.3 is 4.57 Å². The summed E-state index contributed by atoms with van der Waals surface area (Å²) in [6, 6.07) is 9.75. The summed E-state index contributed by atoms with van der Waals surface area (Å²) in [5, 5.41) is 0.727. The average Bonchev–Trinajstić information content (AvgIpc) is 3.65. The Hall–Kier alpha value is -2.93. The quantitative estimate of drug-likeness (QED) is 0.593. The van der Waals surface area contributed by atoms with Crippen LogP contribution in [0.5, 0.6) is 0 Å². The molecule has 1 aromatic carbocycles. The minimum Gasteiger partial charge on any atom is -0.336 e. The third kappa shape index (κ3) is 3.59. The molecule has 1 amide bonds. The summed E-state index contributed by atoms with van der Waals surface area (Å²) in [6.07, 6.45) is 13.3. The van der Waals surface area contributed by atoms with Crippen LogP contribution in [0.1, 0.15) is 72.5 Å². The lowest BCUT2D eigenvalue weighted by Crippen LogP contribution is -2.33. The van der Waals surface area contributed by atoms with E-state index in [1.807, 2.05) is 24.4 Å². The van der Waals surface area contributed by atoms with E-state index >= 15 is 0 Å². The highest BCUT2D eigenvalue weighted by atomic mass is 32.2. The van der Waals surface area contributed by atoms with Gasteiger partial charge in [-0.25, -0.2) is 13.1 Å². The minimum absolute atomic E-state index is 0.377. The van der Waals surface area contributed by atoms with Crippen LogP contribution in [-0.2, 0) is 16.6 Å². The number of hydrogen-bond acceptors (Lipinski definition) is 4. The summed E-state index contributed by atoms with van der Waals surface area (Å²) in [6.45, 7) is 0.681. The number of sulfonamides is 1. The Labute approximate surface area is 193 Å². The van der Waals surface area contributed by atoms with Crippen molar-refractivity contribution in [1.29, 1.82) is 0 Å². The fraction of sp³-hybridized carbons (Fsp3) is 0.385. The molecule has 170 valence electrons. The topological polar surface area (TPSA) is 81.1 Å². The van der Waals surface area contributed by atoms with Gasteiger partial charge in [0.05, 0.1) is 16.6 Å². The number of carbonyl (C=O) groups is 1. The second-order valence-electron chi connectivity index (χ2n) is 9.45. The van der Waals surface area contributed by atoms with E-state index in [1.54, 1.807) is 6.07 Å². The van der Waals surface area contributed by atoms with Crippen LogP contribution in [0.2, 0.25) is 0 Å². The fourth-order valence-electron chi connectivity index (χ4n) is 5.47. The molecule has 2 fully saturated rings. The Balaban J connectivity index is 1.52. The smallest absolute Gasteiger partial charge is 0.264 e. The second-order valence-corrected chi connectivity index (χ2v) is 11.4. The number of aromatic nitrogens is 2. The molecule has 3 aromatic rings. The van der Waals surface area contributed by atoms with Gasteiger partial charge in [-0.15, -0.1) is 0 Å². The Bertz CT molecular complexity index is 1390. The molecule has 33 heavy (non-hydrogen) atoms. The van der Waals surface area contributed by atoms with Crippen molar-refractivity contribution in [3.63, 3.8) is 0 Å². The highest BCUT2D eigenvalue weighted by Crippen LogP contribution is 2.45. The van der Waals surface area contributed by atoms with E-state index in [9.17, 15) is 13.2 Å². The maximum absolute atomic E-state index is 12.9. The first-order chi connectivity index (χ1) is 16.0. The van der Waals surface area contributed by atoms with Gasteiger partial charge in [0.15, 0.2) is 0 Å². The van der Waals surface area contributed by atoms with Crippen LogP contribution >= 0.6 is 0 Å². The van der Waals surface area contributed by atoms with Crippen LogP contribution in [0.15, 0.2) is 42.6 Å². The Morgan fingerprint density at radius 2 is 1.88 bits per heavy atom. The van der Waals surface area contributed by atoms with Crippen LogP contribution in [0.25, 0.3) is 28.2 Å². The number of amides is 1. The van der Waals surface area contributed by atoms with Gasteiger partial charge in [-0.05, 0) is 67.5 Å². The number of pyridine rings is 1. The van der Waals surface area contributed by atoms with Crippen LogP contribution in [0.4, 0.5) is 0 Å². The molecule has 1 aliphatic heterocycles. The lowest BCUT2D eigenvalue weighted by atomic mass is 9.81. The van der Waals surface area contributed by atoms with Gasteiger partial charge in [-0.2, -0.15) is 0 Å². The molecule has 0 bridgehead atoms. The lowest BCUT2D eigenvalue weighted by Gasteiger charge is -2.23. The van der Waals surface area contributed by atoms with E-state index in [0.29, 0.717) is 30.9 Å². The zero-order chi connectivity index (χ0) is 22.6. The molecule has 0 spiro atoms. The Morgan fingerprint density at radius 1 is 1.06 bits per heavy atom. The number of nitrogens with one attached hydrogen (secondary N) is 1. The normalized spacial score (nSPS) is 18.5. The summed E-state index contributed by atoms with van der Waals surface area (Å²) in [4.78, 5) is 17.5. The van der Waals surface area contributed by atoms with Crippen LogP contribution in [0.3, 0.4) is 0 Å². The SMILES string of the molecule is O=C(NS(=O)(=O)C1CC1)c1ccc2c(C3CCCCC3)c3n(c2c1)CC=Cc1ncccc1-3. The molecule has 6 nitrogen and oxygen atoms in total. The molecule has 2 saturated carbocycles. The summed E-state index contributed by atoms with van der Waals surface area (Å²) in [5.41, 5.74) is 5.97. The predicted molar refractivity (Wildman–Crippen MR) is 129 cm³/mol. The van der Waals surface area contributed by atoms with Crippen molar-refractivity contribution in [1.82, 2.24) is 14.3 Å². The van der Waals surface area contributed by atoms with Gasteiger partial charge in [0.1, 0.15) is 0 Å². The monoisotopic (exact) mass is 461 g/mol. The maximum Gasteiger partial charge on any atom is 0.264 e. The third-order valence-corrected chi connectivity index (χ3v) is 9.05. The van der Waals surface area contributed by atoms with E-state index in [-0.39, 0.29) is 0 Å². The van der Waals surface area contributed by atoms with E-state index in [4.69, 9.17) is 0 Å². The number of carbonyl (C=O) groups excluding carboxylic acids is 1. The molecule has 3 heterocycles. The van der Waals surface area contributed by atoms with Crippen molar-refractivity contribution in [2.24, 2.45) is 0 Å². The van der Waals surface area contributed by atoms with Crippen LogP contribution in [-0.4, -0.2) is 29.1 Å². The molecule has 3 aliphatic rings. The van der Waals surface area contributed by atoms with Crippen LogP contribution in [0, 0.1) is 0 Å². The summed E-state index contributed by atoms with van der Waals surface area (Å²) in [7, 11) is -3.59. The van der Waals surface area contributed by atoms with E-state index in [2.05, 4.69) is 32.5 Å². The van der Waals surface area contributed by atoms with Crippen molar-refractivity contribution < 1.29 is 13.2 Å². The minimum atomic E-state index is -3.59. The van der Waals surface area contributed by atoms with Gasteiger partial charge >= 0.3 is 0 Å². The molecule has 0 unspecified atom stereocenters. The number of benzene rings is 1. The lowest BCUT2D eigenvalue weighted by molar-refractivity contribution is 0.0981. The third-order valence-electron chi connectivity index (χ3n) is 7.23. The molecule has 6 rings (SSSR count). The summed E-state index contributed by atoms with van der Waals surface area (Å²) < 4.78 is 29.2. The second kappa shape index (κ2) is 7.83. The largest absolute Gasteiger partial charge is 0.336 e. The molecule has 2 aliphatic carbocycles. The van der Waals surface area contributed by atoms with E-state index in [0.717, 1.165) is 35.0 Å². The Kier molecular flexibility index (Phi) is 4.91. The van der Waals surface area contributed by atoms with Crippen LogP contribution < -0.4 is 4.72 Å². The van der Waals surface area contributed by atoms with Gasteiger partial charge in [0, 0.05) is 34.8 Å². The summed E-state index contributed by atoms with van der Waals surface area (Å²) in [5.74, 6) is -0.0802. The first-order valence-electron chi connectivity index (χ1n) is 11.9.